The Bertz CT molecular complexity index is 1080. The van der Waals surface area contributed by atoms with E-state index in [0.717, 1.165) is 32.3 Å². The number of aromatic nitrogens is 3. The van der Waals surface area contributed by atoms with Gasteiger partial charge in [-0.2, -0.15) is 10.2 Å². The highest BCUT2D eigenvalue weighted by Gasteiger charge is 2.13. The summed E-state index contributed by atoms with van der Waals surface area (Å²) < 4.78 is 2.75. The van der Waals surface area contributed by atoms with E-state index in [9.17, 15) is 0 Å². The molecule has 0 radical (unpaired) electrons. The zero-order valence-electron chi connectivity index (χ0n) is 13.6. The zero-order chi connectivity index (χ0) is 18.1. The van der Waals surface area contributed by atoms with E-state index in [-0.39, 0.29) is 0 Å². The Labute approximate surface area is 163 Å². The molecule has 4 rings (SSSR count). The van der Waals surface area contributed by atoms with E-state index in [1.165, 1.54) is 0 Å². The number of nitrogens with one attached hydrogen (secondary N) is 1. The second-order valence-electron chi connectivity index (χ2n) is 5.54. The van der Waals surface area contributed by atoms with Crippen LogP contribution in [0.1, 0.15) is 11.3 Å². The van der Waals surface area contributed by atoms with Crippen LogP contribution >= 0.6 is 34.5 Å². The van der Waals surface area contributed by atoms with Crippen LogP contribution < -0.4 is 5.43 Å². The number of halogens is 2. The van der Waals surface area contributed by atoms with E-state index in [0.29, 0.717) is 10.2 Å². The predicted octanol–water partition coefficient (Wildman–Crippen LogP) is 5.54. The van der Waals surface area contributed by atoms with Gasteiger partial charge >= 0.3 is 0 Å². The molecule has 0 spiro atoms. The smallest absolute Gasteiger partial charge is 0.204 e. The number of para-hydroxylation sites is 1. The van der Waals surface area contributed by atoms with Crippen molar-refractivity contribution in [1.82, 2.24) is 14.8 Å². The van der Waals surface area contributed by atoms with Crippen molar-refractivity contribution in [3.05, 3.63) is 70.0 Å². The summed E-state index contributed by atoms with van der Waals surface area (Å²) in [6.07, 6.45) is 1.65. The molecule has 0 aliphatic carbocycles. The Hall–Kier alpha value is -2.41. The minimum Gasteiger partial charge on any atom is -0.253 e. The Morgan fingerprint density at radius 1 is 1.15 bits per heavy atom. The van der Waals surface area contributed by atoms with Gasteiger partial charge in [0.05, 0.1) is 33.4 Å². The van der Waals surface area contributed by atoms with E-state index < -0.39 is 0 Å². The van der Waals surface area contributed by atoms with Crippen LogP contribution in [0.25, 0.3) is 15.9 Å². The minimum absolute atomic E-state index is 0.472. The Kier molecular flexibility index (Phi) is 4.63. The lowest BCUT2D eigenvalue weighted by Gasteiger charge is -2.03. The molecule has 0 fully saturated rings. The van der Waals surface area contributed by atoms with E-state index in [1.807, 2.05) is 43.3 Å². The molecule has 0 saturated heterocycles. The van der Waals surface area contributed by atoms with Gasteiger partial charge in [0, 0.05) is 5.02 Å². The maximum Gasteiger partial charge on any atom is 0.204 e. The molecular formula is C18H13Cl2N5S. The summed E-state index contributed by atoms with van der Waals surface area (Å²) in [4.78, 5) is 4.48. The first-order chi connectivity index (χ1) is 12.6. The van der Waals surface area contributed by atoms with Crippen molar-refractivity contribution in [3.8, 4) is 5.69 Å². The number of anilines is 1. The van der Waals surface area contributed by atoms with Gasteiger partial charge in [-0.25, -0.2) is 9.67 Å². The van der Waals surface area contributed by atoms with Gasteiger partial charge in [-0.05, 0) is 37.3 Å². The molecule has 8 heteroatoms. The van der Waals surface area contributed by atoms with Crippen molar-refractivity contribution in [3.63, 3.8) is 0 Å². The number of nitrogens with zero attached hydrogens (tertiary/aromatic N) is 4. The van der Waals surface area contributed by atoms with Gasteiger partial charge in [-0.3, -0.25) is 5.43 Å². The number of rotatable bonds is 4. The molecule has 2 heterocycles. The van der Waals surface area contributed by atoms with E-state index >= 15 is 0 Å². The highest BCUT2D eigenvalue weighted by molar-refractivity contribution is 7.22. The second kappa shape index (κ2) is 7.07. The normalized spacial score (nSPS) is 11.5. The number of hydrogen-bond acceptors (Lipinski definition) is 5. The van der Waals surface area contributed by atoms with Gasteiger partial charge in [0.25, 0.3) is 0 Å². The van der Waals surface area contributed by atoms with Crippen molar-refractivity contribution in [2.24, 2.45) is 5.10 Å². The molecule has 0 saturated carbocycles. The summed E-state index contributed by atoms with van der Waals surface area (Å²) in [7, 11) is 0. The lowest BCUT2D eigenvalue weighted by atomic mass is 10.3. The molecule has 4 aromatic rings. The third kappa shape index (κ3) is 3.31. The van der Waals surface area contributed by atoms with Gasteiger partial charge < -0.3 is 0 Å². The summed E-state index contributed by atoms with van der Waals surface area (Å²) in [5.41, 5.74) is 6.20. The standard InChI is InChI=1S/C18H13Cl2N5S/c1-11-14(17(20)25(24-11)13-6-4-5-12(19)9-13)10-21-23-18-22-15-7-2-3-8-16(15)26-18/h2-10H,1H3,(H,22,23). The molecule has 0 amide bonds. The summed E-state index contributed by atoms with van der Waals surface area (Å²) in [5, 5.41) is 10.6. The van der Waals surface area contributed by atoms with Crippen LogP contribution in [-0.2, 0) is 0 Å². The monoisotopic (exact) mass is 401 g/mol. The minimum atomic E-state index is 0.472. The molecule has 0 unspecified atom stereocenters. The first-order valence-corrected chi connectivity index (χ1v) is 9.35. The van der Waals surface area contributed by atoms with E-state index in [1.54, 1.807) is 34.4 Å². The van der Waals surface area contributed by atoms with Crippen LogP contribution in [0.4, 0.5) is 5.13 Å². The number of hydrogen-bond donors (Lipinski definition) is 1. The fourth-order valence-electron chi connectivity index (χ4n) is 2.51. The summed E-state index contributed by atoms with van der Waals surface area (Å²) in [6.45, 7) is 1.88. The number of aryl methyl sites for hydroxylation is 1. The van der Waals surface area contributed by atoms with Crippen molar-refractivity contribution >= 4 is 56.1 Å². The zero-order valence-corrected chi connectivity index (χ0v) is 16.0. The first kappa shape index (κ1) is 17.0. The second-order valence-corrected chi connectivity index (χ2v) is 7.36. The molecule has 2 aromatic heterocycles. The van der Waals surface area contributed by atoms with Crippen LogP contribution in [0.5, 0.6) is 0 Å². The number of fused-ring (bicyclic) bond motifs is 1. The van der Waals surface area contributed by atoms with Crippen LogP contribution in [0, 0.1) is 6.92 Å². The Morgan fingerprint density at radius 2 is 2.00 bits per heavy atom. The molecule has 0 aliphatic heterocycles. The van der Waals surface area contributed by atoms with Crippen molar-refractivity contribution < 1.29 is 0 Å². The molecule has 26 heavy (non-hydrogen) atoms. The number of benzene rings is 2. The number of thiazole rings is 1. The molecule has 0 aliphatic rings. The Balaban J connectivity index is 1.59. The molecular weight excluding hydrogens is 389 g/mol. The van der Waals surface area contributed by atoms with Crippen molar-refractivity contribution in [2.45, 2.75) is 6.92 Å². The average Bonchev–Trinajstić information content (AvgIpc) is 3.17. The fraction of sp³-hybridized carbons (Fsp3) is 0.0556. The third-order valence-corrected chi connectivity index (χ3v) is 5.29. The highest BCUT2D eigenvalue weighted by atomic mass is 35.5. The molecule has 5 nitrogen and oxygen atoms in total. The highest BCUT2D eigenvalue weighted by Crippen LogP contribution is 2.26. The topological polar surface area (TPSA) is 55.1 Å². The molecule has 2 aromatic carbocycles. The van der Waals surface area contributed by atoms with Gasteiger partial charge in [-0.1, -0.05) is 52.7 Å². The maximum atomic E-state index is 6.49. The van der Waals surface area contributed by atoms with Gasteiger partial charge in [0.1, 0.15) is 5.15 Å². The van der Waals surface area contributed by atoms with Gasteiger partial charge in [0.2, 0.25) is 5.13 Å². The first-order valence-electron chi connectivity index (χ1n) is 7.77. The third-order valence-electron chi connectivity index (χ3n) is 3.75. The molecule has 130 valence electrons. The lowest BCUT2D eigenvalue weighted by Crippen LogP contribution is -1.96. The molecule has 0 atom stereocenters. The van der Waals surface area contributed by atoms with Crippen LogP contribution in [0.3, 0.4) is 0 Å². The predicted molar refractivity (Wildman–Crippen MR) is 109 cm³/mol. The average molecular weight is 402 g/mol. The fourth-order valence-corrected chi connectivity index (χ4v) is 3.83. The van der Waals surface area contributed by atoms with Gasteiger partial charge in [-0.15, -0.1) is 0 Å². The lowest BCUT2D eigenvalue weighted by molar-refractivity contribution is 0.863. The summed E-state index contributed by atoms with van der Waals surface area (Å²) >= 11 is 14.1. The molecule has 1 N–H and O–H groups in total. The largest absolute Gasteiger partial charge is 0.253 e. The van der Waals surface area contributed by atoms with Crippen molar-refractivity contribution in [2.75, 3.05) is 5.43 Å². The van der Waals surface area contributed by atoms with Crippen LogP contribution in [-0.4, -0.2) is 21.0 Å². The summed E-state index contributed by atoms with van der Waals surface area (Å²) in [5.74, 6) is 0. The summed E-state index contributed by atoms with van der Waals surface area (Å²) in [6, 6.07) is 15.3. The number of hydrazone groups is 1. The molecule has 0 bridgehead atoms. The van der Waals surface area contributed by atoms with E-state index in [4.69, 9.17) is 23.2 Å². The Morgan fingerprint density at radius 3 is 2.81 bits per heavy atom. The SMILES string of the molecule is Cc1nn(-c2cccc(Cl)c2)c(Cl)c1C=NNc1nc2ccccc2s1. The van der Waals surface area contributed by atoms with E-state index in [2.05, 4.69) is 20.6 Å². The maximum absolute atomic E-state index is 6.49. The quantitative estimate of drug-likeness (QED) is 0.360. The van der Waals surface area contributed by atoms with Crippen LogP contribution in [0.15, 0.2) is 53.6 Å². The van der Waals surface area contributed by atoms with Crippen molar-refractivity contribution in [1.29, 1.82) is 0 Å². The van der Waals surface area contributed by atoms with Gasteiger partial charge in [0.15, 0.2) is 0 Å². The van der Waals surface area contributed by atoms with Crippen LogP contribution in [0.2, 0.25) is 10.2 Å².